The molecule has 0 unspecified atom stereocenters. The van der Waals surface area contributed by atoms with E-state index in [-0.39, 0.29) is 17.4 Å². The van der Waals surface area contributed by atoms with Crippen LogP contribution in [0.5, 0.6) is 5.75 Å². The first-order chi connectivity index (χ1) is 24.4. The molecule has 7 aromatic rings. The first kappa shape index (κ1) is 28.3. The molecule has 12 rings (SSSR count). The lowest BCUT2D eigenvalue weighted by molar-refractivity contribution is 0.548. The van der Waals surface area contributed by atoms with Crippen LogP contribution in [-0.2, 0) is 0 Å². The summed E-state index contributed by atoms with van der Waals surface area (Å²) in [6.45, 7) is 9.16. The van der Waals surface area contributed by atoms with Crippen molar-refractivity contribution < 1.29 is 4.65 Å². The van der Waals surface area contributed by atoms with Crippen LogP contribution in [0.25, 0.3) is 38.7 Å². The van der Waals surface area contributed by atoms with Crippen molar-refractivity contribution in [1.82, 2.24) is 9.27 Å². The SMILES string of the molecule is CC(C)c1cccc(C(C)C)c1-c1cc2c3c(c1)-n1c4c(c(=O)n1B3Oc1cc3ccccc3cc1-2)C1c2ccccc2C4c2ccccc21. The molecule has 50 heavy (non-hydrogen) atoms. The third-order valence-electron chi connectivity index (χ3n) is 11.8. The first-order valence-corrected chi connectivity index (χ1v) is 18.0. The van der Waals surface area contributed by atoms with Gasteiger partial charge < -0.3 is 4.65 Å². The van der Waals surface area contributed by atoms with Gasteiger partial charge in [-0.05, 0) is 96.9 Å². The van der Waals surface area contributed by atoms with E-state index in [9.17, 15) is 0 Å². The Bertz CT molecular complexity index is 2620. The van der Waals surface area contributed by atoms with Crippen LogP contribution in [-0.4, -0.2) is 16.3 Å². The summed E-state index contributed by atoms with van der Waals surface area (Å²) in [7, 11) is -0.559. The smallest absolute Gasteiger partial charge is 0.536 e. The van der Waals surface area contributed by atoms with Crippen molar-refractivity contribution in [2.24, 2.45) is 0 Å². The Kier molecular flexibility index (Phi) is 5.54. The fourth-order valence-corrected chi connectivity index (χ4v) is 9.78. The molecule has 4 nitrogen and oxygen atoms in total. The second kappa shape index (κ2) is 9.79. The average Bonchev–Trinajstić information content (AvgIpc) is 3.63. The van der Waals surface area contributed by atoms with E-state index in [0.29, 0.717) is 11.8 Å². The van der Waals surface area contributed by atoms with Crippen LogP contribution in [0.4, 0.5) is 0 Å². The van der Waals surface area contributed by atoms with Gasteiger partial charge in [0.1, 0.15) is 5.75 Å². The summed E-state index contributed by atoms with van der Waals surface area (Å²) in [5.74, 6) is 1.36. The molecular formula is C45H35BN2O2. The Hall–Kier alpha value is -5.55. The van der Waals surface area contributed by atoms with Gasteiger partial charge in [0.05, 0.1) is 22.9 Å². The molecule has 0 saturated heterocycles. The van der Waals surface area contributed by atoms with Gasteiger partial charge in [0.2, 0.25) is 0 Å². The summed E-state index contributed by atoms with van der Waals surface area (Å²) in [5, 5.41) is 2.30. The lowest BCUT2D eigenvalue weighted by atomic mass is 9.62. The largest absolute Gasteiger partial charge is 0.545 e. The van der Waals surface area contributed by atoms with E-state index < -0.39 is 7.05 Å². The minimum atomic E-state index is -0.559. The zero-order valence-corrected chi connectivity index (χ0v) is 28.6. The van der Waals surface area contributed by atoms with Gasteiger partial charge in [-0.3, -0.25) is 9.48 Å². The van der Waals surface area contributed by atoms with Crippen molar-refractivity contribution in [2.45, 2.75) is 51.4 Å². The van der Waals surface area contributed by atoms with E-state index >= 15 is 4.79 Å². The molecule has 0 spiro atoms. The number of hydrogen-bond donors (Lipinski definition) is 0. The Balaban J connectivity index is 1.27. The van der Waals surface area contributed by atoms with E-state index in [1.807, 2.05) is 4.59 Å². The highest BCUT2D eigenvalue weighted by Gasteiger charge is 2.52. The molecular weight excluding hydrogens is 611 g/mol. The van der Waals surface area contributed by atoms with Crippen LogP contribution in [0.2, 0.25) is 0 Å². The zero-order chi connectivity index (χ0) is 33.6. The fourth-order valence-electron chi connectivity index (χ4n) is 9.78. The van der Waals surface area contributed by atoms with E-state index in [2.05, 4.69) is 148 Å². The standard InChI is InChI=1S/C45H35BN2O2/c1-24(2)29-18-11-19-30(25(3)4)39(29)28-21-36-35-20-26-12-5-6-13-27(26)23-38(35)50-46-43(36)37(22-28)47-44-41-33-16-9-7-14-31(33)40(42(44)45(49)48(46)47)32-15-8-10-17-34(32)41/h5-25,40-41H,1-4H3. The normalized spacial score (nSPS) is 17.0. The minimum Gasteiger partial charge on any atom is -0.536 e. The zero-order valence-electron chi connectivity index (χ0n) is 28.6. The molecule has 6 aromatic carbocycles. The third kappa shape index (κ3) is 3.45. The summed E-state index contributed by atoms with van der Waals surface area (Å²) in [6.07, 6.45) is 0. The Morgan fingerprint density at radius 1 is 0.640 bits per heavy atom. The number of hydrogen-bond acceptors (Lipinski definition) is 2. The lowest BCUT2D eigenvalue weighted by Gasteiger charge is -2.40. The van der Waals surface area contributed by atoms with Gasteiger partial charge in [0, 0.05) is 16.9 Å². The topological polar surface area (TPSA) is 36.2 Å². The molecule has 0 saturated carbocycles. The molecule has 5 aliphatic rings. The van der Waals surface area contributed by atoms with Gasteiger partial charge in [0.25, 0.3) is 5.56 Å². The Morgan fingerprint density at radius 3 is 1.84 bits per heavy atom. The monoisotopic (exact) mass is 646 g/mol. The van der Waals surface area contributed by atoms with Gasteiger partial charge in [-0.15, -0.1) is 0 Å². The molecule has 0 amide bonds. The highest BCUT2D eigenvalue weighted by atomic mass is 16.5. The quantitative estimate of drug-likeness (QED) is 0.180. The second-order valence-electron chi connectivity index (χ2n) is 15.1. The highest BCUT2D eigenvalue weighted by Crippen LogP contribution is 2.56. The van der Waals surface area contributed by atoms with Crippen molar-refractivity contribution in [3.63, 3.8) is 0 Å². The molecule has 0 fully saturated rings. The summed E-state index contributed by atoms with van der Waals surface area (Å²) < 4.78 is 11.2. The summed E-state index contributed by atoms with van der Waals surface area (Å²) in [6, 6.07) is 41.9. The van der Waals surface area contributed by atoms with E-state index in [0.717, 1.165) is 44.7 Å². The molecule has 2 aliphatic heterocycles. The lowest BCUT2D eigenvalue weighted by Crippen LogP contribution is -2.48. The van der Waals surface area contributed by atoms with Crippen molar-refractivity contribution in [2.75, 3.05) is 0 Å². The summed E-state index contributed by atoms with van der Waals surface area (Å²) >= 11 is 0. The predicted molar refractivity (Wildman–Crippen MR) is 203 cm³/mol. The van der Waals surface area contributed by atoms with Gasteiger partial charge in [-0.25, -0.2) is 4.59 Å². The predicted octanol–water partition coefficient (Wildman–Crippen LogP) is 9.31. The van der Waals surface area contributed by atoms with Gasteiger partial charge in [0.15, 0.2) is 0 Å². The van der Waals surface area contributed by atoms with Crippen LogP contribution in [0.1, 0.15) is 96.0 Å². The Morgan fingerprint density at radius 2 is 1.22 bits per heavy atom. The summed E-state index contributed by atoms with van der Waals surface area (Å²) in [5.41, 5.74) is 16.6. The van der Waals surface area contributed by atoms with E-state index in [1.165, 1.54) is 49.9 Å². The number of nitrogens with zero attached hydrogens (tertiary/aromatic N) is 2. The molecule has 0 radical (unpaired) electrons. The highest BCUT2D eigenvalue weighted by molar-refractivity contribution is 6.71. The van der Waals surface area contributed by atoms with Crippen LogP contribution in [0, 0.1) is 0 Å². The van der Waals surface area contributed by atoms with Crippen molar-refractivity contribution in [3.05, 3.63) is 170 Å². The molecule has 0 N–H and O–H groups in total. The van der Waals surface area contributed by atoms with Crippen LogP contribution in [0.3, 0.4) is 0 Å². The van der Waals surface area contributed by atoms with Crippen molar-refractivity contribution in [1.29, 1.82) is 0 Å². The molecule has 1 aromatic heterocycles. The summed E-state index contributed by atoms with van der Waals surface area (Å²) in [4.78, 5) is 15.1. The molecule has 0 atom stereocenters. The average molecular weight is 647 g/mol. The van der Waals surface area contributed by atoms with E-state index in [1.54, 1.807) is 0 Å². The fraction of sp³-hybridized carbons (Fsp3) is 0.178. The maximum atomic E-state index is 15.1. The van der Waals surface area contributed by atoms with Crippen LogP contribution in [0.15, 0.2) is 120 Å². The maximum absolute atomic E-state index is 15.1. The molecule has 5 heteroatoms. The van der Waals surface area contributed by atoms with E-state index in [4.69, 9.17) is 4.65 Å². The number of fused-ring (bicyclic) bond motifs is 6. The molecule has 240 valence electrons. The van der Waals surface area contributed by atoms with Gasteiger partial charge in [-0.2, -0.15) is 0 Å². The third-order valence-corrected chi connectivity index (χ3v) is 11.8. The first-order valence-electron chi connectivity index (χ1n) is 18.0. The number of aromatic nitrogens is 2. The second-order valence-corrected chi connectivity index (χ2v) is 15.1. The molecule has 2 bridgehead atoms. The van der Waals surface area contributed by atoms with Gasteiger partial charge in [-0.1, -0.05) is 119 Å². The minimum absolute atomic E-state index is 0.0439. The van der Waals surface area contributed by atoms with Crippen LogP contribution >= 0.6 is 0 Å². The number of benzene rings is 6. The van der Waals surface area contributed by atoms with Gasteiger partial charge >= 0.3 is 7.05 Å². The Labute approximate surface area is 291 Å². The number of rotatable bonds is 3. The van der Waals surface area contributed by atoms with Crippen molar-refractivity contribution >= 4 is 23.3 Å². The molecule has 3 heterocycles. The van der Waals surface area contributed by atoms with Crippen LogP contribution < -0.4 is 15.7 Å². The van der Waals surface area contributed by atoms with Crippen molar-refractivity contribution in [3.8, 4) is 33.7 Å². The maximum Gasteiger partial charge on any atom is 0.545 e. The molecule has 3 aliphatic carbocycles.